The molecule has 3 nitrogen and oxygen atoms in total. The van der Waals surface area contributed by atoms with E-state index in [-0.39, 0.29) is 0 Å². The molecule has 1 heterocycles. The van der Waals surface area contributed by atoms with Gasteiger partial charge in [-0.15, -0.1) is 11.3 Å². The average molecular weight is 225 g/mol. The van der Waals surface area contributed by atoms with Crippen LogP contribution in [0.4, 0.5) is 5.13 Å². The largest absolute Gasteiger partial charge is 0.345 e. The van der Waals surface area contributed by atoms with Gasteiger partial charge in [-0.2, -0.15) is 0 Å². The molecule has 1 aliphatic carbocycles. The second kappa shape index (κ2) is 4.49. The van der Waals surface area contributed by atoms with Crippen LogP contribution in [-0.4, -0.2) is 24.6 Å². The predicted octanol–water partition coefficient (Wildman–Crippen LogP) is 2.16. The SMILES string of the molecule is CCN(c1nc(C)c(CNC)s1)C1CC1. The van der Waals surface area contributed by atoms with E-state index in [1.165, 1.54) is 28.5 Å². The number of nitrogens with zero attached hydrogens (tertiary/aromatic N) is 2. The minimum absolute atomic E-state index is 0.767. The van der Waals surface area contributed by atoms with Crippen molar-refractivity contribution in [3.8, 4) is 0 Å². The summed E-state index contributed by atoms with van der Waals surface area (Å²) in [6.45, 7) is 6.34. The topological polar surface area (TPSA) is 28.2 Å². The van der Waals surface area contributed by atoms with Crippen molar-refractivity contribution in [1.29, 1.82) is 0 Å². The van der Waals surface area contributed by atoms with Crippen LogP contribution in [0.5, 0.6) is 0 Å². The highest BCUT2D eigenvalue weighted by Crippen LogP contribution is 2.34. The molecule has 1 aromatic heterocycles. The Hall–Kier alpha value is -0.610. The maximum atomic E-state index is 4.67. The molecule has 0 radical (unpaired) electrons. The summed E-state index contributed by atoms with van der Waals surface area (Å²) in [6.07, 6.45) is 2.68. The van der Waals surface area contributed by atoms with Gasteiger partial charge in [0.05, 0.1) is 5.69 Å². The first kappa shape index (κ1) is 10.9. The summed E-state index contributed by atoms with van der Waals surface area (Å²) in [5.41, 5.74) is 1.18. The fourth-order valence-corrected chi connectivity index (χ4v) is 3.00. The van der Waals surface area contributed by atoms with E-state index < -0.39 is 0 Å². The van der Waals surface area contributed by atoms with Crippen LogP contribution in [0.1, 0.15) is 30.3 Å². The van der Waals surface area contributed by atoms with E-state index >= 15 is 0 Å². The molecule has 15 heavy (non-hydrogen) atoms. The highest BCUT2D eigenvalue weighted by Gasteiger charge is 2.30. The van der Waals surface area contributed by atoms with E-state index in [2.05, 4.69) is 29.0 Å². The fraction of sp³-hybridized carbons (Fsp3) is 0.727. The van der Waals surface area contributed by atoms with Crippen molar-refractivity contribution in [2.75, 3.05) is 18.5 Å². The van der Waals surface area contributed by atoms with E-state index in [9.17, 15) is 0 Å². The van der Waals surface area contributed by atoms with Gasteiger partial charge in [0, 0.05) is 24.0 Å². The van der Waals surface area contributed by atoms with Crippen molar-refractivity contribution >= 4 is 16.5 Å². The molecule has 1 aromatic rings. The molecular weight excluding hydrogens is 206 g/mol. The Bertz CT molecular complexity index is 331. The van der Waals surface area contributed by atoms with Crippen LogP contribution < -0.4 is 10.2 Å². The van der Waals surface area contributed by atoms with Crippen molar-refractivity contribution in [2.45, 2.75) is 39.3 Å². The smallest absolute Gasteiger partial charge is 0.186 e. The summed E-state index contributed by atoms with van der Waals surface area (Å²) in [5, 5.41) is 4.40. The Balaban J connectivity index is 2.16. The van der Waals surface area contributed by atoms with Gasteiger partial charge in [0.2, 0.25) is 0 Å². The number of aromatic nitrogens is 1. The average Bonchev–Trinajstić information content (AvgIpc) is 2.96. The third-order valence-corrected chi connectivity index (χ3v) is 3.99. The first-order valence-corrected chi connectivity index (χ1v) is 6.45. The van der Waals surface area contributed by atoms with Crippen LogP contribution >= 0.6 is 11.3 Å². The summed E-state index contributed by atoms with van der Waals surface area (Å²) >= 11 is 1.84. The third kappa shape index (κ3) is 2.32. The van der Waals surface area contributed by atoms with Gasteiger partial charge in [0.1, 0.15) is 0 Å². The molecule has 2 rings (SSSR count). The lowest BCUT2D eigenvalue weighted by atomic mass is 10.4. The van der Waals surface area contributed by atoms with E-state index in [0.29, 0.717) is 0 Å². The summed E-state index contributed by atoms with van der Waals surface area (Å²) in [6, 6.07) is 0.767. The van der Waals surface area contributed by atoms with Gasteiger partial charge in [-0.3, -0.25) is 0 Å². The maximum Gasteiger partial charge on any atom is 0.186 e. The monoisotopic (exact) mass is 225 g/mol. The van der Waals surface area contributed by atoms with Gasteiger partial charge in [-0.05, 0) is 33.7 Å². The molecule has 0 aromatic carbocycles. The Labute approximate surface area is 95.5 Å². The molecule has 0 unspecified atom stereocenters. The van der Waals surface area contributed by atoms with Gasteiger partial charge >= 0.3 is 0 Å². The minimum atomic E-state index is 0.767. The summed E-state index contributed by atoms with van der Waals surface area (Å²) < 4.78 is 0. The van der Waals surface area contributed by atoms with Gasteiger partial charge in [0.25, 0.3) is 0 Å². The zero-order chi connectivity index (χ0) is 10.8. The highest BCUT2D eigenvalue weighted by molar-refractivity contribution is 7.15. The predicted molar refractivity (Wildman–Crippen MR) is 65.7 cm³/mol. The Morgan fingerprint density at radius 3 is 2.80 bits per heavy atom. The highest BCUT2D eigenvalue weighted by atomic mass is 32.1. The molecule has 0 spiro atoms. The molecule has 0 aliphatic heterocycles. The Morgan fingerprint density at radius 2 is 2.27 bits per heavy atom. The summed E-state index contributed by atoms with van der Waals surface area (Å²) in [4.78, 5) is 8.47. The molecule has 0 atom stereocenters. The van der Waals surface area contributed by atoms with Crippen LogP contribution in [0.25, 0.3) is 0 Å². The van der Waals surface area contributed by atoms with Crippen LogP contribution in [0.3, 0.4) is 0 Å². The van der Waals surface area contributed by atoms with Crippen LogP contribution in [0.15, 0.2) is 0 Å². The molecule has 1 saturated carbocycles. The van der Waals surface area contributed by atoms with E-state index in [4.69, 9.17) is 0 Å². The summed E-state index contributed by atoms with van der Waals surface area (Å²) in [7, 11) is 1.98. The molecule has 1 aliphatic rings. The van der Waals surface area contributed by atoms with Crippen LogP contribution in [-0.2, 0) is 6.54 Å². The van der Waals surface area contributed by atoms with Crippen molar-refractivity contribution < 1.29 is 0 Å². The zero-order valence-corrected chi connectivity index (χ0v) is 10.5. The zero-order valence-electron chi connectivity index (χ0n) is 9.71. The van der Waals surface area contributed by atoms with Crippen LogP contribution in [0.2, 0.25) is 0 Å². The second-order valence-corrected chi connectivity index (χ2v) is 5.11. The molecule has 0 amide bonds. The number of rotatable bonds is 5. The standard InChI is InChI=1S/C11H19N3S/c1-4-14(9-5-6-9)11-13-8(2)10(15-11)7-12-3/h9,12H,4-7H2,1-3H3. The number of hydrogen-bond acceptors (Lipinski definition) is 4. The Kier molecular flexibility index (Phi) is 3.26. The molecule has 4 heteroatoms. The van der Waals surface area contributed by atoms with E-state index in [0.717, 1.165) is 19.1 Å². The van der Waals surface area contributed by atoms with E-state index in [1.54, 1.807) is 0 Å². The van der Waals surface area contributed by atoms with Gasteiger partial charge in [-0.25, -0.2) is 4.98 Å². The maximum absolute atomic E-state index is 4.67. The van der Waals surface area contributed by atoms with E-state index in [1.807, 2.05) is 18.4 Å². The lowest BCUT2D eigenvalue weighted by Gasteiger charge is -2.18. The number of aryl methyl sites for hydroxylation is 1. The number of hydrogen-bond donors (Lipinski definition) is 1. The fourth-order valence-electron chi connectivity index (χ4n) is 1.80. The molecule has 84 valence electrons. The Morgan fingerprint density at radius 1 is 1.53 bits per heavy atom. The number of nitrogens with one attached hydrogen (secondary N) is 1. The van der Waals surface area contributed by atoms with Gasteiger partial charge < -0.3 is 10.2 Å². The second-order valence-electron chi connectivity index (χ2n) is 4.05. The number of thiazole rings is 1. The molecule has 0 bridgehead atoms. The van der Waals surface area contributed by atoms with Crippen molar-refractivity contribution in [3.05, 3.63) is 10.6 Å². The number of anilines is 1. The molecule has 1 fully saturated rings. The third-order valence-electron chi connectivity index (χ3n) is 2.79. The lowest BCUT2D eigenvalue weighted by Crippen LogP contribution is -2.24. The first-order chi connectivity index (χ1) is 7.26. The minimum Gasteiger partial charge on any atom is -0.345 e. The molecule has 1 N–H and O–H groups in total. The lowest BCUT2D eigenvalue weighted by molar-refractivity contribution is 0.813. The molecular formula is C11H19N3S. The van der Waals surface area contributed by atoms with Crippen molar-refractivity contribution in [2.24, 2.45) is 0 Å². The first-order valence-electron chi connectivity index (χ1n) is 5.63. The van der Waals surface area contributed by atoms with Gasteiger partial charge in [-0.1, -0.05) is 0 Å². The summed E-state index contributed by atoms with van der Waals surface area (Å²) in [5.74, 6) is 0. The molecule has 0 saturated heterocycles. The quantitative estimate of drug-likeness (QED) is 0.832. The van der Waals surface area contributed by atoms with Crippen LogP contribution in [0, 0.1) is 6.92 Å². The normalized spacial score (nSPS) is 15.7. The van der Waals surface area contributed by atoms with Gasteiger partial charge in [0.15, 0.2) is 5.13 Å². The van der Waals surface area contributed by atoms with Crippen molar-refractivity contribution in [1.82, 2.24) is 10.3 Å². The van der Waals surface area contributed by atoms with Crippen molar-refractivity contribution in [3.63, 3.8) is 0 Å².